The molecule has 0 aliphatic carbocycles. The minimum atomic E-state index is -0.0198. The van der Waals surface area contributed by atoms with Crippen LogP contribution in [0.25, 0.3) is 16.7 Å². The van der Waals surface area contributed by atoms with Crippen LogP contribution in [0.3, 0.4) is 0 Å². The molecule has 30 heavy (non-hydrogen) atoms. The van der Waals surface area contributed by atoms with Gasteiger partial charge >= 0.3 is 0 Å². The lowest BCUT2D eigenvalue weighted by atomic mass is 10.1. The van der Waals surface area contributed by atoms with Crippen molar-refractivity contribution < 1.29 is 9.53 Å². The van der Waals surface area contributed by atoms with Gasteiger partial charge in [0.2, 0.25) is 5.91 Å². The Morgan fingerprint density at radius 1 is 1.07 bits per heavy atom. The molecule has 0 spiro atoms. The second kappa shape index (κ2) is 8.97. The third kappa shape index (κ3) is 4.44. The first-order valence-electron chi connectivity index (χ1n) is 9.62. The Morgan fingerprint density at radius 2 is 1.87 bits per heavy atom. The largest absolute Gasteiger partial charge is 0.497 e. The Bertz CT molecular complexity index is 1150. The molecular formula is C23H21ClN4O2. The van der Waals surface area contributed by atoms with Crippen molar-refractivity contribution in [2.24, 2.45) is 0 Å². The van der Waals surface area contributed by atoms with Crippen LogP contribution in [0.1, 0.15) is 11.1 Å². The number of methoxy groups -OCH3 is 1. The number of para-hydroxylation sites is 1. The van der Waals surface area contributed by atoms with Gasteiger partial charge in [0.1, 0.15) is 5.75 Å². The lowest BCUT2D eigenvalue weighted by molar-refractivity contribution is -0.120. The summed E-state index contributed by atoms with van der Waals surface area (Å²) < 4.78 is 7.10. The Morgan fingerprint density at radius 3 is 2.60 bits per heavy atom. The standard InChI is InChI=1S/C23H21ClN4O2/c1-30-18-8-6-16(7-9-18)12-13-25-23(29)14-17-15-28(20-5-3-2-4-19(17)20)22-11-10-21(24)26-27-22/h2-11,15H,12-14H2,1H3,(H,25,29). The van der Waals surface area contributed by atoms with Crippen molar-refractivity contribution >= 4 is 28.4 Å². The van der Waals surface area contributed by atoms with E-state index in [9.17, 15) is 4.79 Å². The number of ether oxygens (including phenoxy) is 1. The minimum Gasteiger partial charge on any atom is -0.497 e. The number of hydrogen-bond donors (Lipinski definition) is 1. The van der Waals surface area contributed by atoms with E-state index in [0.717, 1.165) is 34.2 Å². The van der Waals surface area contributed by atoms with Gasteiger partial charge < -0.3 is 10.1 Å². The molecule has 7 heteroatoms. The molecule has 0 saturated carbocycles. The quantitative estimate of drug-likeness (QED) is 0.491. The second-order valence-corrected chi connectivity index (χ2v) is 7.27. The molecule has 2 aromatic heterocycles. The number of halogens is 1. The number of nitrogens with one attached hydrogen (secondary N) is 1. The number of nitrogens with zero attached hydrogens (tertiary/aromatic N) is 3. The van der Waals surface area contributed by atoms with E-state index in [1.165, 1.54) is 0 Å². The average Bonchev–Trinajstić information content (AvgIpc) is 3.13. The normalized spacial score (nSPS) is 10.9. The average molecular weight is 421 g/mol. The summed E-state index contributed by atoms with van der Waals surface area (Å²) in [5.41, 5.74) is 3.05. The highest BCUT2D eigenvalue weighted by Gasteiger charge is 2.13. The van der Waals surface area contributed by atoms with E-state index in [-0.39, 0.29) is 12.3 Å². The van der Waals surface area contributed by atoms with Crippen molar-refractivity contribution in [2.75, 3.05) is 13.7 Å². The molecule has 0 aliphatic heterocycles. The van der Waals surface area contributed by atoms with Crippen molar-refractivity contribution in [1.82, 2.24) is 20.1 Å². The minimum absolute atomic E-state index is 0.0198. The molecule has 4 rings (SSSR count). The lowest BCUT2D eigenvalue weighted by Crippen LogP contribution is -2.27. The first-order valence-corrected chi connectivity index (χ1v) is 10.00. The van der Waals surface area contributed by atoms with E-state index in [4.69, 9.17) is 16.3 Å². The highest BCUT2D eigenvalue weighted by molar-refractivity contribution is 6.29. The van der Waals surface area contributed by atoms with Crippen LogP contribution in [0.15, 0.2) is 66.9 Å². The maximum absolute atomic E-state index is 12.6. The van der Waals surface area contributed by atoms with Crippen molar-refractivity contribution in [2.45, 2.75) is 12.8 Å². The maximum atomic E-state index is 12.6. The van der Waals surface area contributed by atoms with Crippen LogP contribution in [0, 0.1) is 0 Å². The van der Waals surface area contributed by atoms with Gasteiger partial charge in [-0.25, -0.2) is 0 Å². The molecule has 152 valence electrons. The number of benzene rings is 2. The van der Waals surface area contributed by atoms with Crippen LogP contribution in [0.4, 0.5) is 0 Å². The molecule has 1 N–H and O–H groups in total. The summed E-state index contributed by atoms with van der Waals surface area (Å²) in [5, 5.41) is 12.4. The second-order valence-electron chi connectivity index (χ2n) is 6.88. The van der Waals surface area contributed by atoms with Crippen molar-refractivity contribution in [3.63, 3.8) is 0 Å². The molecule has 0 bridgehead atoms. The molecular weight excluding hydrogens is 400 g/mol. The number of aromatic nitrogens is 3. The van der Waals surface area contributed by atoms with Crippen LogP contribution in [-0.4, -0.2) is 34.3 Å². The SMILES string of the molecule is COc1ccc(CCNC(=O)Cc2cn(-c3ccc(Cl)nn3)c3ccccc23)cc1. The van der Waals surface area contributed by atoms with Crippen molar-refractivity contribution in [3.8, 4) is 11.6 Å². The summed E-state index contributed by atoms with van der Waals surface area (Å²) in [7, 11) is 1.64. The molecule has 4 aromatic rings. The zero-order valence-electron chi connectivity index (χ0n) is 16.5. The predicted octanol–water partition coefficient (Wildman–Crippen LogP) is 3.98. The molecule has 0 radical (unpaired) electrons. The van der Waals surface area contributed by atoms with E-state index in [1.54, 1.807) is 19.2 Å². The number of rotatable bonds is 7. The van der Waals surface area contributed by atoms with Crippen LogP contribution < -0.4 is 10.1 Å². The van der Waals surface area contributed by atoms with Gasteiger partial charge in [0, 0.05) is 18.1 Å². The molecule has 0 aliphatic rings. The Kier molecular flexibility index (Phi) is 5.95. The number of amides is 1. The first-order chi connectivity index (χ1) is 14.6. The van der Waals surface area contributed by atoms with Gasteiger partial charge in [-0.2, -0.15) is 0 Å². The fourth-order valence-corrected chi connectivity index (χ4v) is 3.49. The van der Waals surface area contributed by atoms with E-state index in [1.807, 2.05) is 59.3 Å². The van der Waals surface area contributed by atoms with Gasteiger partial charge in [-0.1, -0.05) is 41.9 Å². The van der Waals surface area contributed by atoms with E-state index < -0.39 is 0 Å². The van der Waals surface area contributed by atoms with E-state index >= 15 is 0 Å². The fourth-order valence-electron chi connectivity index (χ4n) is 3.39. The lowest BCUT2D eigenvalue weighted by Gasteiger charge is -2.06. The van der Waals surface area contributed by atoms with Gasteiger partial charge in [-0.15, -0.1) is 10.2 Å². The Hall–Kier alpha value is -3.38. The summed E-state index contributed by atoms with van der Waals surface area (Å²) >= 11 is 5.86. The van der Waals surface area contributed by atoms with Gasteiger partial charge in [0.05, 0.1) is 19.0 Å². The van der Waals surface area contributed by atoms with Gasteiger partial charge in [0.25, 0.3) is 0 Å². The fraction of sp³-hybridized carbons (Fsp3) is 0.174. The van der Waals surface area contributed by atoms with Crippen molar-refractivity contribution in [3.05, 3.63) is 83.1 Å². The van der Waals surface area contributed by atoms with E-state index in [0.29, 0.717) is 17.5 Å². The number of carbonyl (C=O) groups excluding carboxylic acids is 1. The Labute approximate surface area is 179 Å². The summed E-state index contributed by atoms with van der Waals surface area (Å²) in [6.45, 7) is 0.576. The monoisotopic (exact) mass is 420 g/mol. The topological polar surface area (TPSA) is 69.0 Å². The molecule has 2 heterocycles. The van der Waals surface area contributed by atoms with Gasteiger partial charge in [0.15, 0.2) is 11.0 Å². The van der Waals surface area contributed by atoms with Crippen LogP contribution in [0.5, 0.6) is 5.75 Å². The number of fused-ring (bicyclic) bond motifs is 1. The molecule has 0 saturated heterocycles. The smallest absolute Gasteiger partial charge is 0.224 e. The molecule has 0 unspecified atom stereocenters. The van der Waals surface area contributed by atoms with Crippen LogP contribution >= 0.6 is 11.6 Å². The van der Waals surface area contributed by atoms with Gasteiger partial charge in [-0.3, -0.25) is 9.36 Å². The van der Waals surface area contributed by atoms with Gasteiger partial charge in [-0.05, 0) is 47.9 Å². The third-order valence-corrected chi connectivity index (χ3v) is 5.11. The predicted molar refractivity (Wildman–Crippen MR) is 117 cm³/mol. The molecule has 1 amide bonds. The highest BCUT2D eigenvalue weighted by atomic mass is 35.5. The third-order valence-electron chi connectivity index (χ3n) is 4.91. The summed E-state index contributed by atoms with van der Waals surface area (Å²) in [6.07, 6.45) is 2.99. The number of hydrogen-bond acceptors (Lipinski definition) is 4. The first kappa shape index (κ1) is 19.9. The summed E-state index contributed by atoms with van der Waals surface area (Å²) in [6, 6.07) is 19.3. The highest BCUT2D eigenvalue weighted by Crippen LogP contribution is 2.24. The summed E-state index contributed by atoms with van der Waals surface area (Å²) in [4.78, 5) is 12.6. The Balaban J connectivity index is 1.45. The van der Waals surface area contributed by atoms with Crippen LogP contribution in [0.2, 0.25) is 5.15 Å². The zero-order valence-corrected chi connectivity index (χ0v) is 17.3. The maximum Gasteiger partial charge on any atom is 0.224 e. The molecule has 0 fully saturated rings. The van der Waals surface area contributed by atoms with Crippen LogP contribution in [-0.2, 0) is 17.6 Å². The van der Waals surface area contributed by atoms with E-state index in [2.05, 4.69) is 15.5 Å². The summed E-state index contributed by atoms with van der Waals surface area (Å²) in [5.74, 6) is 1.46. The molecule has 2 aromatic carbocycles. The number of carbonyl (C=O) groups is 1. The van der Waals surface area contributed by atoms with Crippen molar-refractivity contribution in [1.29, 1.82) is 0 Å². The molecule has 0 atom stereocenters. The molecule has 6 nitrogen and oxygen atoms in total. The zero-order chi connectivity index (χ0) is 20.9.